The smallest absolute Gasteiger partial charge is 0.0927 e. The zero-order valence-electron chi connectivity index (χ0n) is 9.48. The highest BCUT2D eigenvalue weighted by atomic mass is 35.5. The predicted molar refractivity (Wildman–Crippen MR) is 72.5 cm³/mol. The van der Waals surface area contributed by atoms with Crippen LogP contribution in [0.5, 0.6) is 0 Å². The van der Waals surface area contributed by atoms with Crippen molar-refractivity contribution in [1.29, 1.82) is 0 Å². The Morgan fingerprint density at radius 2 is 1.62 bits per heavy atom. The molecule has 0 radical (unpaired) electrons. The van der Waals surface area contributed by atoms with Crippen LogP contribution in [0.3, 0.4) is 0 Å². The van der Waals surface area contributed by atoms with Gasteiger partial charge in [-0.2, -0.15) is 0 Å². The Morgan fingerprint density at radius 1 is 1.00 bits per heavy atom. The summed E-state index contributed by atoms with van der Waals surface area (Å²) in [6.07, 6.45) is 0. The first-order valence-electron chi connectivity index (χ1n) is 5.46. The van der Waals surface area contributed by atoms with Crippen LogP contribution in [-0.2, 0) is 0 Å². The fourth-order valence-electron chi connectivity index (χ4n) is 1.65. The van der Waals surface area contributed by atoms with Gasteiger partial charge in [0.25, 0.3) is 0 Å². The molecule has 0 nitrogen and oxygen atoms in total. The van der Waals surface area contributed by atoms with Crippen molar-refractivity contribution in [1.82, 2.24) is 0 Å². The number of hydrogen-bond acceptors (Lipinski definition) is 1. The average Bonchev–Trinajstić information content (AvgIpc) is 2.81. The molecule has 1 heterocycles. The van der Waals surface area contributed by atoms with Crippen molar-refractivity contribution in [2.75, 3.05) is 0 Å². The van der Waals surface area contributed by atoms with Crippen LogP contribution in [-0.4, -0.2) is 0 Å². The first-order valence-corrected chi connectivity index (χ1v) is 6.77. The highest BCUT2D eigenvalue weighted by molar-refractivity contribution is 7.10. The molecule has 1 aromatic heterocycles. The Hall–Kier alpha value is -0.790. The second-order valence-electron chi connectivity index (χ2n) is 4.20. The molecule has 1 aromatic carbocycles. The summed E-state index contributed by atoms with van der Waals surface area (Å²) in [6, 6.07) is 12.7. The van der Waals surface area contributed by atoms with E-state index in [4.69, 9.17) is 11.6 Å². The van der Waals surface area contributed by atoms with Crippen LogP contribution < -0.4 is 0 Å². The SMILES string of the molecule is CC(C)c1ccc(C(Cl)c2cccs2)cc1. The first kappa shape index (κ1) is 11.7. The molecule has 2 heteroatoms. The van der Waals surface area contributed by atoms with E-state index >= 15 is 0 Å². The highest BCUT2D eigenvalue weighted by Gasteiger charge is 2.11. The van der Waals surface area contributed by atoms with Crippen molar-refractivity contribution in [3.63, 3.8) is 0 Å². The molecule has 16 heavy (non-hydrogen) atoms. The summed E-state index contributed by atoms with van der Waals surface area (Å²) < 4.78 is 0. The third-order valence-electron chi connectivity index (χ3n) is 2.69. The monoisotopic (exact) mass is 250 g/mol. The molecule has 0 aliphatic rings. The van der Waals surface area contributed by atoms with E-state index in [1.807, 2.05) is 6.07 Å². The van der Waals surface area contributed by atoms with Crippen molar-refractivity contribution in [2.24, 2.45) is 0 Å². The molecule has 0 aliphatic carbocycles. The van der Waals surface area contributed by atoms with Gasteiger partial charge >= 0.3 is 0 Å². The molecule has 0 saturated heterocycles. The van der Waals surface area contributed by atoms with Crippen molar-refractivity contribution < 1.29 is 0 Å². The second kappa shape index (κ2) is 5.03. The summed E-state index contributed by atoms with van der Waals surface area (Å²) in [4.78, 5) is 1.21. The van der Waals surface area contributed by atoms with E-state index in [0.29, 0.717) is 5.92 Å². The largest absolute Gasteiger partial charge is 0.147 e. The van der Waals surface area contributed by atoms with Gasteiger partial charge in [0, 0.05) is 4.88 Å². The minimum absolute atomic E-state index is 0.0128. The van der Waals surface area contributed by atoms with Crippen LogP contribution in [0.4, 0.5) is 0 Å². The minimum atomic E-state index is -0.0128. The molecule has 1 unspecified atom stereocenters. The summed E-state index contributed by atoms with van der Waals surface area (Å²) in [5.74, 6) is 0.574. The van der Waals surface area contributed by atoms with Gasteiger partial charge in [-0.1, -0.05) is 44.2 Å². The third kappa shape index (κ3) is 2.47. The van der Waals surface area contributed by atoms with Gasteiger partial charge in [-0.3, -0.25) is 0 Å². The Bertz CT molecular complexity index is 428. The molecular weight excluding hydrogens is 236 g/mol. The molecule has 0 N–H and O–H groups in total. The molecular formula is C14H15ClS. The number of thiophene rings is 1. The lowest BCUT2D eigenvalue weighted by Crippen LogP contribution is -1.92. The quantitative estimate of drug-likeness (QED) is 0.657. The van der Waals surface area contributed by atoms with Gasteiger partial charge in [0.05, 0.1) is 5.38 Å². The summed E-state index contributed by atoms with van der Waals surface area (Å²) in [7, 11) is 0. The van der Waals surface area contributed by atoms with E-state index < -0.39 is 0 Å². The maximum Gasteiger partial charge on any atom is 0.0927 e. The number of benzene rings is 1. The highest BCUT2D eigenvalue weighted by Crippen LogP contribution is 2.32. The van der Waals surface area contributed by atoms with Crippen molar-refractivity contribution in [3.05, 3.63) is 57.8 Å². The lowest BCUT2D eigenvalue weighted by molar-refractivity contribution is 0.865. The van der Waals surface area contributed by atoms with Gasteiger partial charge in [0.15, 0.2) is 0 Å². The first-order chi connectivity index (χ1) is 7.68. The second-order valence-corrected chi connectivity index (χ2v) is 5.62. The molecule has 0 fully saturated rings. The molecule has 84 valence electrons. The summed E-state index contributed by atoms with van der Waals surface area (Å²) in [5, 5.41) is 2.05. The Balaban J connectivity index is 2.22. The van der Waals surface area contributed by atoms with Crippen LogP contribution in [0.25, 0.3) is 0 Å². The lowest BCUT2D eigenvalue weighted by atomic mass is 10.0. The fraction of sp³-hybridized carbons (Fsp3) is 0.286. The molecule has 0 saturated carbocycles. The molecule has 2 rings (SSSR count). The third-order valence-corrected chi connectivity index (χ3v) is 4.24. The molecule has 0 aliphatic heterocycles. The van der Waals surface area contributed by atoms with E-state index in [1.54, 1.807) is 11.3 Å². The average molecular weight is 251 g/mol. The Kier molecular flexibility index (Phi) is 3.67. The normalized spacial score (nSPS) is 13.0. The van der Waals surface area contributed by atoms with E-state index in [-0.39, 0.29) is 5.38 Å². The van der Waals surface area contributed by atoms with Crippen LogP contribution in [0, 0.1) is 0 Å². The van der Waals surface area contributed by atoms with E-state index in [9.17, 15) is 0 Å². The summed E-state index contributed by atoms with van der Waals surface area (Å²) in [6.45, 7) is 4.40. The summed E-state index contributed by atoms with van der Waals surface area (Å²) >= 11 is 8.12. The van der Waals surface area contributed by atoms with Crippen molar-refractivity contribution in [2.45, 2.75) is 25.1 Å². The Morgan fingerprint density at radius 3 is 2.12 bits per heavy atom. The summed E-state index contributed by atoms with van der Waals surface area (Å²) in [5.41, 5.74) is 2.53. The zero-order chi connectivity index (χ0) is 11.5. The lowest BCUT2D eigenvalue weighted by Gasteiger charge is -2.10. The van der Waals surface area contributed by atoms with Crippen LogP contribution in [0.15, 0.2) is 41.8 Å². The van der Waals surface area contributed by atoms with Crippen LogP contribution in [0.1, 0.15) is 41.1 Å². The van der Waals surface area contributed by atoms with Gasteiger partial charge in [-0.25, -0.2) is 0 Å². The van der Waals surface area contributed by atoms with Gasteiger partial charge < -0.3 is 0 Å². The molecule has 0 bridgehead atoms. The van der Waals surface area contributed by atoms with E-state index in [2.05, 4.69) is 49.6 Å². The maximum absolute atomic E-state index is 6.42. The van der Waals surface area contributed by atoms with Gasteiger partial charge in [0.2, 0.25) is 0 Å². The van der Waals surface area contributed by atoms with E-state index in [0.717, 1.165) is 0 Å². The van der Waals surface area contributed by atoms with Crippen molar-refractivity contribution in [3.8, 4) is 0 Å². The molecule has 0 spiro atoms. The van der Waals surface area contributed by atoms with Gasteiger partial charge in [-0.05, 0) is 28.5 Å². The van der Waals surface area contributed by atoms with Crippen LogP contribution >= 0.6 is 22.9 Å². The predicted octanol–water partition coefficient (Wildman–Crippen LogP) is 5.20. The number of hydrogen-bond donors (Lipinski definition) is 0. The molecule has 2 aromatic rings. The Labute approximate surface area is 106 Å². The standard InChI is InChI=1S/C14H15ClS/c1-10(2)11-5-7-12(8-6-11)14(15)13-4-3-9-16-13/h3-10,14H,1-2H3. The fourth-order valence-corrected chi connectivity index (χ4v) is 2.75. The van der Waals surface area contributed by atoms with Crippen molar-refractivity contribution >= 4 is 22.9 Å². The number of alkyl halides is 1. The number of halogens is 1. The van der Waals surface area contributed by atoms with Gasteiger partial charge in [0.1, 0.15) is 0 Å². The van der Waals surface area contributed by atoms with E-state index in [1.165, 1.54) is 16.0 Å². The number of rotatable bonds is 3. The zero-order valence-corrected chi connectivity index (χ0v) is 11.1. The maximum atomic E-state index is 6.42. The topological polar surface area (TPSA) is 0 Å². The molecule has 1 atom stereocenters. The molecule has 0 amide bonds. The minimum Gasteiger partial charge on any atom is -0.147 e. The van der Waals surface area contributed by atoms with Crippen LogP contribution in [0.2, 0.25) is 0 Å². The van der Waals surface area contributed by atoms with Gasteiger partial charge in [-0.15, -0.1) is 22.9 Å².